The molecule has 196 valence electrons. The van der Waals surface area contributed by atoms with E-state index in [0.29, 0.717) is 42.0 Å². The Bertz CT molecular complexity index is 1400. The van der Waals surface area contributed by atoms with Crippen molar-refractivity contribution in [1.82, 2.24) is 4.90 Å². The van der Waals surface area contributed by atoms with E-state index in [-0.39, 0.29) is 18.8 Å². The third-order valence-electron chi connectivity index (χ3n) is 6.06. The Kier molecular flexibility index (Phi) is 8.02. The molecule has 1 amide bonds. The zero-order valence-electron chi connectivity index (χ0n) is 22.2. The van der Waals surface area contributed by atoms with Crippen LogP contribution in [0.5, 0.6) is 5.75 Å². The summed E-state index contributed by atoms with van der Waals surface area (Å²) in [5, 5.41) is 11.2. The smallest absolute Gasteiger partial charge is 0.410 e. The van der Waals surface area contributed by atoms with Crippen LogP contribution in [0.3, 0.4) is 0 Å². The van der Waals surface area contributed by atoms with Crippen molar-refractivity contribution in [2.45, 2.75) is 45.8 Å². The van der Waals surface area contributed by atoms with Gasteiger partial charge in [0.2, 0.25) is 0 Å². The molecule has 1 atom stereocenters. The van der Waals surface area contributed by atoms with Crippen LogP contribution in [0.4, 0.5) is 4.79 Å². The number of nitriles is 1. The highest BCUT2D eigenvalue weighted by Gasteiger charge is 2.31. The number of fused-ring (bicyclic) bond motifs is 1. The summed E-state index contributed by atoms with van der Waals surface area (Å²) in [7, 11) is 0. The van der Waals surface area contributed by atoms with Crippen molar-refractivity contribution in [1.29, 1.82) is 5.26 Å². The van der Waals surface area contributed by atoms with Gasteiger partial charge in [0.1, 0.15) is 17.5 Å². The van der Waals surface area contributed by atoms with Crippen molar-refractivity contribution in [3.05, 3.63) is 77.4 Å². The normalized spacial score (nSPS) is 15.7. The third-order valence-corrected chi connectivity index (χ3v) is 6.06. The van der Waals surface area contributed by atoms with Crippen molar-refractivity contribution in [3.63, 3.8) is 0 Å². The molecule has 3 aromatic carbocycles. The summed E-state index contributed by atoms with van der Waals surface area (Å²) >= 11 is 0. The molecule has 38 heavy (non-hydrogen) atoms. The number of nitrogens with zero attached hydrogens (tertiary/aromatic N) is 2. The van der Waals surface area contributed by atoms with Crippen LogP contribution in [-0.4, -0.2) is 48.4 Å². The molecule has 0 aliphatic carbocycles. The lowest BCUT2D eigenvalue weighted by Gasteiger charge is -2.24. The van der Waals surface area contributed by atoms with Crippen molar-refractivity contribution >= 4 is 34.5 Å². The number of likely N-dealkylation sites (tertiary alicyclic amines) is 1. The van der Waals surface area contributed by atoms with Gasteiger partial charge in [-0.3, -0.25) is 0 Å². The first kappa shape index (κ1) is 26.7. The summed E-state index contributed by atoms with van der Waals surface area (Å²) < 4.78 is 16.9. The van der Waals surface area contributed by atoms with Crippen molar-refractivity contribution in [3.8, 4) is 11.8 Å². The van der Waals surface area contributed by atoms with Crippen molar-refractivity contribution in [2.75, 3.05) is 19.7 Å². The lowest BCUT2D eigenvalue weighted by molar-refractivity contribution is -0.136. The summed E-state index contributed by atoms with van der Waals surface area (Å²) in [4.78, 5) is 26.9. The highest BCUT2D eigenvalue weighted by Crippen LogP contribution is 2.27. The Morgan fingerprint density at radius 1 is 1.05 bits per heavy atom. The van der Waals surface area contributed by atoms with Crippen LogP contribution in [0.1, 0.15) is 50.8 Å². The van der Waals surface area contributed by atoms with E-state index in [9.17, 15) is 14.9 Å². The van der Waals surface area contributed by atoms with Gasteiger partial charge in [0.25, 0.3) is 0 Å². The number of esters is 1. The van der Waals surface area contributed by atoms with Gasteiger partial charge < -0.3 is 19.1 Å². The van der Waals surface area contributed by atoms with Gasteiger partial charge >= 0.3 is 12.1 Å². The Balaban J connectivity index is 1.51. The summed E-state index contributed by atoms with van der Waals surface area (Å²) in [6.07, 6.45) is 2.04. The first-order valence-corrected chi connectivity index (χ1v) is 12.7. The number of carbonyl (C=O) groups is 2. The van der Waals surface area contributed by atoms with Gasteiger partial charge in [-0.1, -0.05) is 30.3 Å². The van der Waals surface area contributed by atoms with E-state index >= 15 is 0 Å². The number of carbonyl (C=O) groups excluding carboxylic acids is 2. The lowest BCUT2D eigenvalue weighted by atomic mass is 10.00. The van der Waals surface area contributed by atoms with Crippen LogP contribution in [0.15, 0.2) is 60.7 Å². The van der Waals surface area contributed by atoms with Gasteiger partial charge in [-0.15, -0.1) is 0 Å². The second kappa shape index (κ2) is 11.4. The standard InChI is InChI=1S/C31H32N2O5/c1-5-36-29(34)28(18-21-6-8-23-9-7-22(19-32)17-25(23)16-21)24-10-12-26(13-11-24)37-27-14-15-33(20-27)30(35)38-31(2,3)4/h6-13,16-18,27H,5,14-15,20H2,1-4H3/t27-/m0/s1. The maximum absolute atomic E-state index is 12.9. The molecular weight excluding hydrogens is 480 g/mol. The van der Waals surface area contributed by atoms with Crippen molar-refractivity contribution in [2.24, 2.45) is 0 Å². The quantitative estimate of drug-likeness (QED) is 0.222. The molecule has 0 N–H and O–H groups in total. The van der Waals surface area contributed by atoms with E-state index in [0.717, 1.165) is 16.3 Å². The van der Waals surface area contributed by atoms with E-state index in [4.69, 9.17) is 14.2 Å². The number of amides is 1. The Labute approximate surface area is 223 Å². The SMILES string of the molecule is CCOC(=O)C(=Cc1ccc2ccc(C#N)cc2c1)c1ccc(O[C@H]2CCN(C(=O)OC(C)(C)C)C2)cc1. The molecule has 0 aromatic heterocycles. The third kappa shape index (κ3) is 6.71. The monoisotopic (exact) mass is 512 g/mol. The number of rotatable bonds is 6. The molecule has 0 spiro atoms. The van der Waals surface area contributed by atoms with Gasteiger partial charge in [0.05, 0.1) is 30.4 Å². The summed E-state index contributed by atoms with van der Waals surface area (Å²) in [6.45, 7) is 8.61. The van der Waals surface area contributed by atoms with E-state index < -0.39 is 11.6 Å². The molecule has 7 nitrogen and oxygen atoms in total. The van der Waals surface area contributed by atoms with E-state index in [1.165, 1.54) is 0 Å². The number of ether oxygens (including phenoxy) is 3. The Morgan fingerprint density at radius 2 is 1.79 bits per heavy atom. The maximum Gasteiger partial charge on any atom is 0.410 e. The lowest BCUT2D eigenvalue weighted by Crippen LogP contribution is -2.36. The van der Waals surface area contributed by atoms with Gasteiger partial charge in [-0.2, -0.15) is 5.26 Å². The van der Waals surface area contributed by atoms with Crippen molar-refractivity contribution < 1.29 is 23.8 Å². The first-order chi connectivity index (χ1) is 18.1. The topological polar surface area (TPSA) is 88.9 Å². The molecule has 0 radical (unpaired) electrons. The molecule has 1 aliphatic heterocycles. The van der Waals surface area contributed by atoms with Crippen LogP contribution in [0.25, 0.3) is 22.4 Å². The second-order valence-electron chi connectivity index (χ2n) is 10.2. The predicted molar refractivity (Wildman–Crippen MR) is 146 cm³/mol. The fraction of sp³-hybridized carbons (Fsp3) is 0.323. The molecular formula is C31H32N2O5. The Morgan fingerprint density at radius 3 is 2.47 bits per heavy atom. The summed E-state index contributed by atoms with van der Waals surface area (Å²) in [5.41, 5.74) is 1.98. The van der Waals surface area contributed by atoms with E-state index in [2.05, 4.69) is 6.07 Å². The maximum atomic E-state index is 12.9. The highest BCUT2D eigenvalue weighted by molar-refractivity contribution is 6.21. The minimum absolute atomic E-state index is 0.135. The predicted octanol–water partition coefficient (Wildman–Crippen LogP) is 6.20. The van der Waals surface area contributed by atoms with Crippen LogP contribution in [0.2, 0.25) is 0 Å². The molecule has 7 heteroatoms. The molecule has 1 aliphatic rings. The van der Waals surface area contributed by atoms with Crippen LogP contribution in [0, 0.1) is 11.3 Å². The van der Waals surface area contributed by atoms with Gasteiger partial charge in [0, 0.05) is 13.0 Å². The molecule has 1 saturated heterocycles. The van der Waals surface area contributed by atoms with Gasteiger partial charge in [-0.25, -0.2) is 9.59 Å². The van der Waals surface area contributed by atoms with Gasteiger partial charge in [-0.05, 0) is 86.0 Å². The zero-order valence-corrected chi connectivity index (χ0v) is 22.2. The minimum atomic E-state index is -0.539. The van der Waals surface area contributed by atoms with Gasteiger partial charge in [0.15, 0.2) is 0 Å². The number of hydrogen-bond donors (Lipinski definition) is 0. The molecule has 3 aromatic rings. The van der Waals surface area contributed by atoms with Crippen LogP contribution < -0.4 is 4.74 Å². The van der Waals surface area contributed by atoms with Crippen LogP contribution in [-0.2, 0) is 14.3 Å². The minimum Gasteiger partial charge on any atom is -0.489 e. The molecule has 0 unspecified atom stereocenters. The van der Waals surface area contributed by atoms with E-state index in [1.807, 2.05) is 75.4 Å². The number of hydrogen-bond acceptors (Lipinski definition) is 6. The average Bonchev–Trinajstić information content (AvgIpc) is 3.35. The molecule has 1 heterocycles. The average molecular weight is 513 g/mol. The Hall–Kier alpha value is -4.31. The van der Waals surface area contributed by atoms with E-state index in [1.54, 1.807) is 24.0 Å². The fourth-order valence-corrected chi connectivity index (χ4v) is 4.28. The first-order valence-electron chi connectivity index (χ1n) is 12.7. The summed E-state index contributed by atoms with van der Waals surface area (Å²) in [5.74, 6) is 0.235. The highest BCUT2D eigenvalue weighted by atomic mass is 16.6. The zero-order chi connectivity index (χ0) is 27.3. The van der Waals surface area contributed by atoms with Crippen LogP contribution >= 0.6 is 0 Å². The summed E-state index contributed by atoms with van der Waals surface area (Å²) in [6, 6.07) is 20.8. The second-order valence-corrected chi connectivity index (χ2v) is 10.2. The fourth-order valence-electron chi connectivity index (χ4n) is 4.28. The molecule has 0 bridgehead atoms. The molecule has 4 rings (SSSR count). The molecule has 1 fully saturated rings. The largest absolute Gasteiger partial charge is 0.489 e. The number of benzene rings is 3. The molecule has 0 saturated carbocycles.